The lowest BCUT2D eigenvalue weighted by Crippen LogP contribution is -2.21. The Hall–Kier alpha value is -2.19. The minimum atomic E-state index is -0.521. The van der Waals surface area contributed by atoms with Gasteiger partial charge in [0, 0.05) is 6.20 Å². The van der Waals surface area contributed by atoms with Crippen molar-refractivity contribution < 1.29 is 9.72 Å². The van der Waals surface area contributed by atoms with E-state index in [9.17, 15) is 14.9 Å². The summed E-state index contributed by atoms with van der Waals surface area (Å²) >= 11 is 12.0. The molecule has 122 valence electrons. The molecule has 0 unspecified atom stereocenters. The molecule has 1 amide bonds. The van der Waals surface area contributed by atoms with Gasteiger partial charge in [0.05, 0.1) is 15.0 Å². The van der Waals surface area contributed by atoms with E-state index < -0.39 is 10.8 Å². The van der Waals surface area contributed by atoms with Crippen LogP contribution in [-0.4, -0.2) is 25.6 Å². The monoisotopic (exact) mass is 357 g/mol. The van der Waals surface area contributed by atoms with Gasteiger partial charge >= 0.3 is 5.69 Å². The number of hydrogen-bond acceptors (Lipinski definition) is 5. The number of halogens is 2. The molecule has 23 heavy (non-hydrogen) atoms. The van der Waals surface area contributed by atoms with Crippen LogP contribution >= 0.6 is 23.2 Å². The largest absolute Gasteiger partial charge is 0.312 e. The SMILES string of the molecule is Cc1nn(CC(=O)Nc2ncc(Cl)c(C)c2Cl)c(C)c1[N+](=O)[O-]. The summed E-state index contributed by atoms with van der Waals surface area (Å²) in [4.78, 5) is 26.5. The number of aryl methyl sites for hydroxylation is 1. The van der Waals surface area contributed by atoms with Gasteiger partial charge in [0.15, 0.2) is 5.82 Å². The molecular weight excluding hydrogens is 345 g/mol. The molecule has 0 aliphatic carbocycles. The molecule has 1 N–H and O–H groups in total. The molecule has 0 radical (unpaired) electrons. The van der Waals surface area contributed by atoms with Gasteiger partial charge in [-0.25, -0.2) is 4.98 Å². The fourth-order valence-electron chi connectivity index (χ4n) is 2.06. The Kier molecular flexibility index (Phi) is 4.86. The molecule has 0 saturated carbocycles. The van der Waals surface area contributed by atoms with E-state index in [0.29, 0.717) is 16.3 Å². The summed E-state index contributed by atoms with van der Waals surface area (Å²) in [5.74, 6) is -0.281. The van der Waals surface area contributed by atoms with E-state index in [1.165, 1.54) is 24.7 Å². The molecule has 10 heteroatoms. The second kappa shape index (κ2) is 6.51. The fraction of sp³-hybridized carbons (Fsp3) is 0.308. The van der Waals surface area contributed by atoms with Gasteiger partial charge in [-0.3, -0.25) is 19.6 Å². The first-order valence-corrected chi connectivity index (χ1v) is 7.26. The third-order valence-electron chi connectivity index (χ3n) is 3.28. The summed E-state index contributed by atoms with van der Waals surface area (Å²) in [6, 6.07) is 0. The van der Waals surface area contributed by atoms with Crippen LogP contribution in [0.4, 0.5) is 11.5 Å². The molecular formula is C13H13Cl2N5O3. The van der Waals surface area contributed by atoms with Crippen molar-refractivity contribution in [3.05, 3.63) is 43.3 Å². The highest BCUT2D eigenvalue weighted by molar-refractivity contribution is 6.37. The highest BCUT2D eigenvalue weighted by atomic mass is 35.5. The maximum Gasteiger partial charge on any atom is 0.312 e. The number of carbonyl (C=O) groups excluding carboxylic acids is 1. The topological polar surface area (TPSA) is 103 Å². The molecule has 0 aliphatic rings. The normalized spacial score (nSPS) is 10.7. The summed E-state index contributed by atoms with van der Waals surface area (Å²) in [5.41, 5.74) is 1.05. The first-order chi connectivity index (χ1) is 10.7. The summed E-state index contributed by atoms with van der Waals surface area (Å²) in [6.07, 6.45) is 1.38. The second-order valence-corrected chi connectivity index (χ2v) is 5.66. The Balaban J connectivity index is 2.20. The van der Waals surface area contributed by atoms with Gasteiger partial charge in [-0.05, 0) is 26.3 Å². The van der Waals surface area contributed by atoms with Gasteiger partial charge in [-0.1, -0.05) is 23.2 Å². The van der Waals surface area contributed by atoms with Crippen LogP contribution in [0.3, 0.4) is 0 Å². The summed E-state index contributed by atoms with van der Waals surface area (Å²) in [5, 5.41) is 18.1. The molecule has 2 rings (SSSR count). The van der Waals surface area contributed by atoms with Crippen LogP contribution in [0.5, 0.6) is 0 Å². The Morgan fingerprint density at radius 2 is 2.04 bits per heavy atom. The number of nitrogens with one attached hydrogen (secondary N) is 1. The van der Waals surface area contributed by atoms with Gasteiger partial charge in [0.25, 0.3) is 0 Å². The van der Waals surface area contributed by atoms with E-state index in [1.807, 2.05) is 0 Å². The first-order valence-electron chi connectivity index (χ1n) is 6.51. The van der Waals surface area contributed by atoms with Crippen molar-refractivity contribution in [3.63, 3.8) is 0 Å². The number of hydrogen-bond donors (Lipinski definition) is 1. The Labute approximate surface area is 141 Å². The Morgan fingerprint density at radius 3 is 2.61 bits per heavy atom. The number of pyridine rings is 1. The predicted octanol–water partition coefficient (Wildman–Crippen LogP) is 3.06. The van der Waals surface area contributed by atoms with Gasteiger partial charge < -0.3 is 5.32 Å². The van der Waals surface area contributed by atoms with Gasteiger partial charge in [-0.15, -0.1) is 0 Å². The zero-order valence-corrected chi connectivity index (χ0v) is 14.1. The number of carbonyl (C=O) groups is 1. The second-order valence-electron chi connectivity index (χ2n) is 4.88. The molecule has 0 aromatic carbocycles. The van der Waals surface area contributed by atoms with Crippen LogP contribution in [0.15, 0.2) is 6.20 Å². The number of nitro groups is 1. The van der Waals surface area contributed by atoms with Crippen molar-refractivity contribution in [2.75, 3.05) is 5.32 Å². The minimum Gasteiger partial charge on any atom is -0.308 e. The van der Waals surface area contributed by atoms with E-state index in [4.69, 9.17) is 23.2 Å². The van der Waals surface area contributed by atoms with E-state index in [-0.39, 0.29) is 28.8 Å². The molecule has 8 nitrogen and oxygen atoms in total. The van der Waals surface area contributed by atoms with E-state index >= 15 is 0 Å². The van der Waals surface area contributed by atoms with E-state index in [0.717, 1.165) is 0 Å². The van der Waals surface area contributed by atoms with Crippen molar-refractivity contribution in [1.82, 2.24) is 14.8 Å². The van der Waals surface area contributed by atoms with Crippen molar-refractivity contribution in [1.29, 1.82) is 0 Å². The number of anilines is 1. The summed E-state index contributed by atoms with van der Waals surface area (Å²) in [7, 11) is 0. The number of amides is 1. The van der Waals surface area contributed by atoms with Gasteiger partial charge in [-0.2, -0.15) is 5.10 Å². The van der Waals surface area contributed by atoms with E-state index in [2.05, 4.69) is 15.4 Å². The van der Waals surface area contributed by atoms with Crippen molar-refractivity contribution in [2.24, 2.45) is 0 Å². The van der Waals surface area contributed by atoms with Crippen molar-refractivity contribution in [3.8, 4) is 0 Å². The molecule has 0 saturated heterocycles. The van der Waals surface area contributed by atoms with Crippen molar-refractivity contribution >= 4 is 40.6 Å². The smallest absolute Gasteiger partial charge is 0.308 e. The lowest BCUT2D eigenvalue weighted by atomic mass is 10.3. The summed E-state index contributed by atoms with van der Waals surface area (Å²) in [6.45, 7) is 4.55. The quantitative estimate of drug-likeness (QED) is 0.668. The molecule has 2 aromatic rings. The van der Waals surface area contributed by atoms with Crippen LogP contribution in [0.2, 0.25) is 10.0 Å². The van der Waals surface area contributed by atoms with Gasteiger partial charge in [0.2, 0.25) is 5.91 Å². The molecule has 2 heterocycles. The van der Waals surface area contributed by atoms with Crippen LogP contribution in [0.25, 0.3) is 0 Å². The van der Waals surface area contributed by atoms with Crippen LogP contribution in [0, 0.1) is 30.9 Å². The average molecular weight is 358 g/mol. The third-order valence-corrected chi connectivity index (χ3v) is 4.12. The zero-order chi connectivity index (χ0) is 17.3. The minimum absolute atomic E-state index is 0.101. The number of rotatable bonds is 4. The maximum absolute atomic E-state index is 12.1. The molecule has 0 fully saturated rings. The fourth-order valence-corrected chi connectivity index (χ4v) is 2.45. The highest BCUT2D eigenvalue weighted by Crippen LogP contribution is 2.28. The Morgan fingerprint density at radius 1 is 1.39 bits per heavy atom. The average Bonchev–Trinajstić information content (AvgIpc) is 2.74. The first kappa shape index (κ1) is 17.2. The molecule has 0 spiro atoms. The number of aromatic nitrogens is 3. The molecule has 0 bridgehead atoms. The molecule has 0 aliphatic heterocycles. The molecule has 2 aromatic heterocycles. The predicted molar refractivity (Wildman–Crippen MR) is 86.0 cm³/mol. The third kappa shape index (κ3) is 3.43. The molecule has 0 atom stereocenters. The van der Waals surface area contributed by atoms with Gasteiger partial charge in [0.1, 0.15) is 17.9 Å². The Bertz CT molecular complexity index is 803. The lowest BCUT2D eigenvalue weighted by Gasteiger charge is -2.09. The maximum atomic E-state index is 12.1. The summed E-state index contributed by atoms with van der Waals surface area (Å²) < 4.78 is 1.26. The lowest BCUT2D eigenvalue weighted by molar-refractivity contribution is -0.386. The van der Waals surface area contributed by atoms with E-state index in [1.54, 1.807) is 6.92 Å². The number of nitrogens with zero attached hydrogens (tertiary/aromatic N) is 4. The highest BCUT2D eigenvalue weighted by Gasteiger charge is 2.23. The van der Waals surface area contributed by atoms with Crippen LogP contribution in [-0.2, 0) is 11.3 Å². The van der Waals surface area contributed by atoms with Crippen LogP contribution < -0.4 is 5.32 Å². The van der Waals surface area contributed by atoms with Crippen LogP contribution in [0.1, 0.15) is 17.0 Å². The standard InChI is InChI=1S/C13H13Cl2N5O3/c1-6-9(14)4-16-13(11(6)15)17-10(21)5-19-8(3)12(20(22)23)7(2)18-19/h4H,5H2,1-3H3,(H,16,17,21). The zero-order valence-electron chi connectivity index (χ0n) is 12.6. The van der Waals surface area contributed by atoms with Crippen molar-refractivity contribution in [2.45, 2.75) is 27.3 Å².